The van der Waals surface area contributed by atoms with Crippen LogP contribution in [0.5, 0.6) is 17.4 Å². The van der Waals surface area contributed by atoms with Crippen molar-refractivity contribution in [3.63, 3.8) is 0 Å². The normalized spacial score (nSPS) is 11.0. The Balaban J connectivity index is 1.86. The van der Waals surface area contributed by atoms with E-state index < -0.39 is 11.9 Å². The van der Waals surface area contributed by atoms with Crippen molar-refractivity contribution in [1.82, 2.24) is 4.57 Å². The fourth-order valence-electron chi connectivity index (χ4n) is 3.03. The lowest BCUT2D eigenvalue weighted by Gasteiger charge is -2.08. The van der Waals surface area contributed by atoms with E-state index in [1.54, 1.807) is 42.5 Å². The maximum Gasteiger partial charge on any atom is 0.325 e. The highest BCUT2D eigenvalue weighted by Gasteiger charge is 2.19. The summed E-state index contributed by atoms with van der Waals surface area (Å²) >= 11 is 0. The Bertz CT molecular complexity index is 1120. The summed E-state index contributed by atoms with van der Waals surface area (Å²) < 4.78 is 16.4. The van der Waals surface area contributed by atoms with E-state index in [0.717, 1.165) is 0 Å². The quantitative estimate of drug-likeness (QED) is 0.471. The standard InChI is InChI=1S/C21H21N3O6/c1-28-16-9-8-13(10-17(16)29-2)11-18(25)22-23-20-14-6-4-5-7-15(14)24(21(20)27)12-19(26)30-3/h4-10,27H,11-12H2,1-3H3. The summed E-state index contributed by atoms with van der Waals surface area (Å²) in [5.41, 5.74) is 1.35. The summed E-state index contributed by atoms with van der Waals surface area (Å²) in [7, 11) is 4.30. The topological polar surface area (TPSA) is 112 Å². The number of amides is 1. The molecule has 0 aliphatic heterocycles. The molecular formula is C21H21N3O6. The van der Waals surface area contributed by atoms with Gasteiger partial charge < -0.3 is 19.3 Å². The number of para-hydroxylation sites is 1. The molecule has 1 amide bonds. The predicted octanol–water partition coefficient (Wildman–Crippen LogP) is 3.39. The molecule has 0 saturated heterocycles. The summed E-state index contributed by atoms with van der Waals surface area (Å²) in [5.74, 6) is -0.253. The third-order valence-electron chi connectivity index (χ3n) is 4.50. The smallest absolute Gasteiger partial charge is 0.325 e. The number of hydrogen-bond donors (Lipinski definition) is 1. The number of aromatic nitrogens is 1. The average molecular weight is 411 g/mol. The van der Waals surface area contributed by atoms with E-state index in [0.29, 0.717) is 28.0 Å². The second-order valence-corrected chi connectivity index (χ2v) is 6.31. The molecule has 3 rings (SSSR count). The van der Waals surface area contributed by atoms with E-state index in [1.165, 1.54) is 25.9 Å². The van der Waals surface area contributed by atoms with Gasteiger partial charge in [-0.3, -0.25) is 14.2 Å². The van der Waals surface area contributed by atoms with Crippen LogP contribution in [0.15, 0.2) is 52.7 Å². The molecule has 0 saturated carbocycles. The number of methoxy groups -OCH3 is 3. The van der Waals surface area contributed by atoms with Crippen molar-refractivity contribution in [2.75, 3.05) is 21.3 Å². The molecule has 1 N–H and O–H groups in total. The van der Waals surface area contributed by atoms with E-state index in [-0.39, 0.29) is 24.5 Å². The van der Waals surface area contributed by atoms with Crippen LogP contribution in [0.1, 0.15) is 5.56 Å². The van der Waals surface area contributed by atoms with Gasteiger partial charge in [0.25, 0.3) is 5.91 Å². The minimum Gasteiger partial charge on any atom is -0.493 e. The maximum atomic E-state index is 12.3. The van der Waals surface area contributed by atoms with Gasteiger partial charge in [-0.25, -0.2) is 0 Å². The molecule has 0 atom stereocenters. The predicted molar refractivity (Wildman–Crippen MR) is 108 cm³/mol. The zero-order valence-corrected chi connectivity index (χ0v) is 16.8. The van der Waals surface area contributed by atoms with Crippen molar-refractivity contribution in [2.45, 2.75) is 13.0 Å². The number of aromatic hydroxyl groups is 1. The Morgan fingerprint density at radius 3 is 2.47 bits per heavy atom. The molecule has 30 heavy (non-hydrogen) atoms. The molecule has 9 nitrogen and oxygen atoms in total. The number of ether oxygens (including phenoxy) is 3. The number of carbonyl (C=O) groups excluding carboxylic acids is 2. The molecule has 1 aromatic heterocycles. The first kappa shape index (κ1) is 20.8. The number of benzene rings is 2. The first-order valence-corrected chi connectivity index (χ1v) is 9.01. The molecular weight excluding hydrogens is 390 g/mol. The zero-order chi connectivity index (χ0) is 21.7. The molecule has 0 bridgehead atoms. The van der Waals surface area contributed by atoms with Crippen molar-refractivity contribution in [1.29, 1.82) is 0 Å². The number of fused-ring (bicyclic) bond motifs is 1. The number of azo groups is 1. The second-order valence-electron chi connectivity index (χ2n) is 6.31. The molecule has 2 aromatic carbocycles. The van der Waals surface area contributed by atoms with Crippen LogP contribution < -0.4 is 9.47 Å². The van der Waals surface area contributed by atoms with Crippen LogP contribution in [-0.2, 0) is 27.3 Å². The third-order valence-corrected chi connectivity index (χ3v) is 4.50. The van der Waals surface area contributed by atoms with Crippen LogP contribution in [-0.4, -0.2) is 42.9 Å². The number of rotatable bonds is 7. The van der Waals surface area contributed by atoms with Crippen molar-refractivity contribution in [3.05, 3.63) is 48.0 Å². The number of nitrogens with zero attached hydrogens (tertiary/aromatic N) is 3. The van der Waals surface area contributed by atoms with E-state index in [2.05, 4.69) is 15.0 Å². The Labute approximate surface area is 172 Å². The van der Waals surface area contributed by atoms with Gasteiger partial charge in [0.15, 0.2) is 17.2 Å². The lowest BCUT2D eigenvalue weighted by molar-refractivity contribution is -0.141. The second kappa shape index (κ2) is 9.08. The van der Waals surface area contributed by atoms with Crippen LogP contribution >= 0.6 is 0 Å². The van der Waals surface area contributed by atoms with Gasteiger partial charge in [-0.2, -0.15) is 0 Å². The minimum atomic E-state index is -0.529. The van der Waals surface area contributed by atoms with Gasteiger partial charge in [-0.05, 0) is 23.8 Å². The molecule has 0 aliphatic rings. The first-order valence-electron chi connectivity index (χ1n) is 9.01. The van der Waals surface area contributed by atoms with Gasteiger partial charge in [0, 0.05) is 5.39 Å². The number of carbonyl (C=O) groups is 2. The molecule has 0 spiro atoms. The van der Waals surface area contributed by atoms with Crippen LogP contribution in [0.4, 0.5) is 5.69 Å². The highest BCUT2D eigenvalue weighted by Crippen LogP contribution is 2.38. The van der Waals surface area contributed by atoms with Crippen molar-refractivity contribution >= 4 is 28.5 Å². The molecule has 1 heterocycles. The molecule has 9 heteroatoms. The Hall–Kier alpha value is -3.88. The number of esters is 1. The van der Waals surface area contributed by atoms with Crippen molar-refractivity contribution < 1.29 is 28.9 Å². The Morgan fingerprint density at radius 1 is 1.03 bits per heavy atom. The van der Waals surface area contributed by atoms with Crippen LogP contribution in [0.25, 0.3) is 10.9 Å². The van der Waals surface area contributed by atoms with Gasteiger partial charge in [0.1, 0.15) is 6.54 Å². The largest absolute Gasteiger partial charge is 0.493 e. The Morgan fingerprint density at radius 2 is 1.77 bits per heavy atom. The van der Waals surface area contributed by atoms with Gasteiger partial charge in [0.2, 0.25) is 5.88 Å². The van der Waals surface area contributed by atoms with Gasteiger partial charge in [0.05, 0.1) is 33.3 Å². The van der Waals surface area contributed by atoms with E-state index >= 15 is 0 Å². The van der Waals surface area contributed by atoms with Gasteiger partial charge in [-0.1, -0.05) is 24.3 Å². The van der Waals surface area contributed by atoms with E-state index in [4.69, 9.17) is 9.47 Å². The molecule has 0 aliphatic carbocycles. The summed E-state index contributed by atoms with van der Waals surface area (Å²) in [6.07, 6.45) is -0.00851. The minimum absolute atomic E-state index is 0.00851. The Kier molecular flexibility index (Phi) is 6.31. The summed E-state index contributed by atoms with van der Waals surface area (Å²) in [6.45, 7) is -0.196. The van der Waals surface area contributed by atoms with Crippen LogP contribution in [0.3, 0.4) is 0 Å². The molecule has 0 unspecified atom stereocenters. The SMILES string of the molecule is COC(=O)Cn1c(O)c(N=NC(=O)Cc2ccc(OC)c(OC)c2)c2ccccc21. The van der Waals surface area contributed by atoms with Gasteiger partial charge >= 0.3 is 5.97 Å². The zero-order valence-electron chi connectivity index (χ0n) is 16.8. The van der Waals surface area contributed by atoms with Crippen molar-refractivity contribution in [3.8, 4) is 17.4 Å². The van der Waals surface area contributed by atoms with Crippen molar-refractivity contribution in [2.24, 2.45) is 10.2 Å². The highest BCUT2D eigenvalue weighted by molar-refractivity contribution is 5.96. The fourth-order valence-corrected chi connectivity index (χ4v) is 3.03. The van der Waals surface area contributed by atoms with Crippen LogP contribution in [0.2, 0.25) is 0 Å². The summed E-state index contributed by atoms with van der Waals surface area (Å²) in [5, 5.41) is 18.8. The van der Waals surface area contributed by atoms with E-state index in [9.17, 15) is 14.7 Å². The monoisotopic (exact) mass is 411 g/mol. The summed E-state index contributed by atoms with van der Waals surface area (Å²) in [6, 6.07) is 12.1. The molecule has 0 fully saturated rings. The highest BCUT2D eigenvalue weighted by atomic mass is 16.5. The average Bonchev–Trinajstić information content (AvgIpc) is 3.03. The molecule has 0 radical (unpaired) electrons. The lowest BCUT2D eigenvalue weighted by Crippen LogP contribution is -2.10. The first-order chi connectivity index (χ1) is 14.5. The van der Waals surface area contributed by atoms with Crippen LogP contribution in [0, 0.1) is 0 Å². The maximum absolute atomic E-state index is 12.3. The lowest BCUT2D eigenvalue weighted by atomic mass is 10.1. The van der Waals surface area contributed by atoms with Gasteiger partial charge in [-0.15, -0.1) is 10.2 Å². The molecule has 3 aromatic rings. The third kappa shape index (κ3) is 4.24. The summed E-state index contributed by atoms with van der Waals surface area (Å²) in [4.78, 5) is 24.0. The number of hydrogen-bond acceptors (Lipinski definition) is 7. The molecule has 156 valence electrons. The van der Waals surface area contributed by atoms with E-state index in [1.807, 2.05) is 0 Å². The fraction of sp³-hybridized carbons (Fsp3) is 0.238.